The fourth-order valence-electron chi connectivity index (χ4n) is 10.7. The summed E-state index contributed by atoms with van der Waals surface area (Å²) in [6, 6.07) is -1.20. The molecule has 3 heterocycles. The minimum absolute atomic E-state index is 0.00697. The molecule has 15 atom stereocenters. The SMILES string of the molecule is CO[C@H]1C[C@@H]2CC[C@@H](C)[C@@](O)(O2)C(=O)C(=O)N2CCCC[C@H]2C(=O)O[C@H]([C@H](C)C[C@@H]2CC[C@@H](OC(=O)C(C)(CO)CO)[C@H](OC)C2)CC(=O)[C@H](C)/C=C(\C)[C@@H](O)[C@@H](OC)C(=O)[C@H](C)C[C@H](C)C=C/C=C/C=C\1C. The van der Waals surface area contributed by atoms with Gasteiger partial charge in [-0.2, -0.15) is 0 Å². The number of aliphatic hydroxyl groups excluding tert-OH is 3. The number of carbonyl (C=O) groups excluding carboxylic acids is 6. The molecule has 0 radical (unpaired) electrons. The average molecular weight is 1030 g/mol. The van der Waals surface area contributed by atoms with E-state index in [2.05, 4.69) is 0 Å². The molecule has 73 heavy (non-hydrogen) atoms. The molecule has 0 spiro atoms. The molecule has 3 aliphatic heterocycles. The molecule has 3 fully saturated rings. The minimum atomic E-state index is -2.47. The molecule has 4 aliphatic rings. The molecule has 1 amide bonds. The van der Waals surface area contributed by atoms with E-state index in [4.69, 9.17) is 28.4 Å². The van der Waals surface area contributed by atoms with Crippen molar-refractivity contribution in [1.82, 2.24) is 4.90 Å². The van der Waals surface area contributed by atoms with Crippen molar-refractivity contribution in [3.8, 4) is 0 Å². The maximum Gasteiger partial charge on any atom is 0.329 e. The van der Waals surface area contributed by atoms with E-state index in [1.807, 2.05) is 51.2 Å². The number of allylic oxidation sites excluding steroid dienone is 6. The third-order valence-electron chi connectivity index (χ3n) is 15.9. The molecule has 4 N–H and O–H groups in total. The van der Waals surface area contributed by atoms with E-state index < -0.39 is 120 Å². The van der Waals surface area contributed by atoms with Crippen molar-refractivity contribution in [2.75, 3.05) is 41.1 Å². The third-order valence-corrected chi connectivity index (χ3v) is 15.9. The number of cyclic esters (lactones) is 1. The smallest absolute Gasteiger partial charge is 0.329 e. The Balaban J connectivity index is 1.69. The predicted octanol–water partition coefficient (Wildman–Crippen LogP) is 5.72. The molecule has 412 valence electrons. The Hall–Kier alpha value is -3.94. The summed E-state index contributed by atoms with van der Waals surface area (Å²) in [6.07, 6.45) is 9.76. The highest BCUT2D eigenvalue weighted by molar-refractivity contribution is 6.39. The van der Waals surface area contributed by atoms with Gasteiger partial charge in [0.1, 0.15) is 41.7 Å². The number of hydrogen-bond acceptors (Lipinski definition) is 16. The van der Waals surface area contributed by atoms with Crippen LogP contribution in [0.5, 0.6) is 0 Å². The minimum Gasteiger partial charge on any atom is -0.460 e. The lowest BCUT2D eigenvalue weighted by Crippen LogP contribution is -2.61. The zero-order valence-electron chi connectivity index (χ0n) is 45.3. The summed E-state index contributed by atoms with van der Waals surface area (Å²) in [5.41, 5.74) is -0.277. The molecular weight excluding hydrogens is 943 g/mol. The number of piperidine rings is 1. The molecule has 0 aromatic rings. The van der Waals surface area contributed by atoms with Gasteiger partial charge in [0.05, 0.1) is 31.5 Å². The molecule has 1 saturated carbocycles. The highest BCUT2D eigenvalue weighted by Gasteiger charge is 2.53. The summed E-state index contributed by atoms with van der Waals surface area (Å²) in [6.45, 7) is 12.7. The number of esters is 2. The number of Topliss-reactive ketones (excluding diaryl/α,β-unsaturated/α-hetero) is 3. The number of nitrogens with zero attached hydrogens (tertiary/aromatic N) is 1. The van der Waals surface area contributed by atoms with Crippen molar-refractivity contribution >= 4 is 35.2 Å². The Bertz CT molecular complexity index is 2010. The molecule has 0 aromatic heterocycles. The van der Waals surface area contributed by atoms with E-state index >= 15 is 0 Å². The summed E-state index contributed by atoms with van der Waals surface area (Å²) in [4.78, 5) is 85.4. The standard InChI is InChI=1S/C56H87NO16/c1-33-17-13-12-14-18-34(2)45(68-9)29-41-22-20-39(7)56(67,73-41)51(63)52(64)57-24-16-15-19-42(57)53(65)71-46(30-43(60)35(3)26-38(6)49(62)50(70-11)48(61)37(5)25-33)36(4)27-40-21-23-44(47(28-40)69-10)72-54(66)55(8,31-58)32-59/h12-14,17-18,26,33,35-37,39-42,44-47,49-50,58-59,62,67H,15-16,19-25,27-32H2,1-11H3/b14-12+,17-13?,34-18-,38-26+/t33-,35-,36-,37-,39-,40+,41+,42+,44-,45+,46+,47-,49-,50+,56-/m1/s1. The second-order valence-electron chi connectivity index (χ2n) is 21.8. The number of methoxy groups -OCH3 is 3. The van der Waals surface area contributed by atoms with Gasteiger partial charge in [0.25, 0.3) is 11.7 Å². The lowest BCUT2D eigenvalue weighted by Gasteiger charge is -2.42. The first kappa shape index (κ1) is 61.6. The fourth-order valence-corrected chi connectivity index (χ4v) is 10.7. The van der Waals surface area contributed by atoms with Crippen LogP contribution in [0.1, 0.15) is 132 Å². The molecular formula is C56H87NO16. The van der Waals surface area contributed by atoms with Gasteiger partial charge < -0.3 is 53.7 Å². The molecule has 0 unspecified atom stereocenters. The number of rotatable bonds is 10. The predicted molar refractivity (Wildman–Crippen MR) is 271 cm³/mol. The van der Waals surface area contributed by atoms with Gasteiger partial charge in [-0.3, -0.25) is 24.0 Å². The van der Waals surface area contributed by atoms with Crippen LogP contribution in [0.15, 0.2) is 47.6 Å². The summed E-state index contributed by atoms with van der Waals surface area (Å²) >= 11 is 0. The number of fused-ring (bicyclic) bond motifs is 3. The zero-order chi connectivity index (χ0) is 54.4. The maximum atomic E-state index is 14.5. The quantitative estimate of drug-likeness (QED) is 0.116. The Morgan fingerprint density at radius 1 is 0.863 bits per heavy atom. The van der Waals surface area contributed by atoms with Gasteiger partial charge in [-0.15, -0.1) is 0 Å². The highest BCUT2D eigenvalue weighted by Crippen LogP contribution is 2.38. The van der Waals surface area contributed by atoms with Crippen LogP contribution < -0.4 is 0 Å². The van der Waals surface area contributed by atoms with Crippen LogP contribution in [-0.2, 0) is 57.2 Å². The van der Waals surface area contributed by atoms with Gasteiger partial charge in [0, 0.05) is 58.5 Å². The van der Waals surface area contributed by atoms with Crippen molar-refractivity contribution in [3.63, 3.8) is 0 Å². The first-order valence-electron chi connectivity index (χ1n) is 26.4. The number of aliphatic hydroxyl groups is 4. The normalized spacial score (nSPS) is 37.0. The van der Waals surface area contributed by atoms with Crippen LogP contribution >= 0.6 is 0 Å². The third kappa shape index (κ3) is 16.0. The average Bonchev–Trinajstić information content (AvgIpc) is 3.37. The molecule has 1 aliphatic carbocycles. The van der Waals surface area contributed by atoms with Crippen LogP contribution in [0.2, 0.25) is 0 Å². The molecule has 0 aromatic carbocycles. The highest BCUT2D eigenvalue weighted by atomic mass is 16.6. The number of amides is 1. The van der Waals surface area contributed by atoms with Crippen LogP contribution in [0.4, 0.5) is 0 Å². The summed E-state index contributed by atoms with van der Waals surface area (Å²) in [5, 5.41) is 43.1. The molecule has 4 rings (SSSR count). The number of carbonyl (C=O) groups is 6. The van der Waals surface area contributed by atoms with E-state index in [0.29, 0.717) is 69.8 Å². The largest absolute Gasteiger partial charge is 0.460 e. The first-order chi connectivity index (χ1) is 34.5. The van der Waals surface area contributed by atoms with Gasteiger partial charge in [-0.05, 0) is 114 Å². The summed E-state index contributed by atoms with van der Waals surface area (Å²) < 4.78 is 35.4. The van der Waals surface area contributed by atoms with Crippen molar-refractivity contribution in [2.24, 2.45) is 40.9 Å². The van der Waals surface area contributed by atoms with Gasteiger partial charge in [-0.1, -0.05) is 71.1 Å². The summed E-state index contributed by atoms with van der Waals surface area (Å²) in [7, 11) is 4.43. The second-order valence-corrected chi connectivity index (χ2v) is 21.8. The molecule has 2 bridgehead atoms. The van der Waals surface area contributed by atoms with Gasteiger partial charge >= 0.3 is 11.9 Å². The van der Waals surface area contributed by atoms with Gasteiger partial charge in [0.2, 0.25) is 5.79 Å². The Morgan fingerprint density at radius 2 is 1.56 bits per heavy atom. The van der Waals surface area contributed by atoms with E-state index in [9.17, 15) is 49.2 Å². The lowest BCUT2D eigenvalue weighted by atomic mass is 9.78. The van der Waals surface area contributed by atoms with E-state index in [1.54, 1.807) is 40.9 Å². The van der Waals surface area contributed by atoms with Gasteiger partial charge in [0.15, 0.2) is 5.78 Å². The fraction of sp³-hybridized carbons (Fsp3) is 0.750. The van der Waals surface area contributed by atoms with Crippen LogP contribution in [-0.4, -0.2) is 156 Å². The Morgan fingerprint density at radius 3 is 2.21 bits per heavy atom. The van der Waals surface area contributed by atoms with Crippen LogP contribution in [0, 0.1) is 40.9 Å². The molecule has 17 nitrogen and oxygen atoms in total. The van der Waals surface area contributed by atoms with Crippen molar-refractivity contribution in [2.45, 2.75) is 187 Å². The van der Waals surface area contributed by atoms with Crippen molar-refractivity contribution in [1.29, 1.82) is 0 Å². The van der Waals surface area contributed by atoms with Crippen LogP contribution in [0.25, 0.3) is 0 Å². The van der Waals surface area contributed by atoms with E-state index in [1.165, 1.54) is 21.1 Å². The zero-order valence-corrected chi connectivity index (χ0v) is 45.3. The lowest BCUT2D eigenvalue weighted by molar-refractivity contribution is -0.265. The molecule has 2 saturated heterocycles. The first-order valence-corrected chi connectivity index (χ1v) is 26.4. The number of hydrogen-bond donors (Lipinski definition) is 4. The number of ketones is 3. The topological polar surface area (TPSA) is 242 Å². The van der Waals surface area contributed by atoms with E-state index in [-0.39, 0.29) is 42.8 Å². The second kappa shape index (κ2) is 28.3. The Kier molecular flexibility index (Phi) is 23.9. The van der Waals surface area contributed by atoms with Crippen molar-refractivity contribution < 1.29 is 77.6 Å². The Labute approximate surface area is 433 Å². The molecule has 17 heteroatoms. The van der Waals surface area contributed by atoms with E-state index in [0.717, 1.165) is 10.5 Å². The number of ether oxygens (including phenoxy) is 6. The van der Waals surface area contributed by atoms with Gasteiger partial charge in [-0.25, -0.2) is 4.79 Å². The van der Waals surface area contributed by atoms with Crippen molar-refractivity contribution in [3.05, 3.63) is 47.6 Å². The van der Waals surface area contributed by atoms with Crippen LogP contribution in [0.3, 0.4) is 0 Å². The summed E-state index contributed by atoms with van der Waals surface area (Å²) in [5.74, 6) is -9.36. The maximum absolute atomic E-state index is 14.5. The monoisotopic (exact) mass is 1030 g/mol.